The summed E-state index contributed by atoms with van der Waals surface area (Å²) in [6.07, 6.45) is 0. The summed E-state index contributed by atoms with van der Waals surface area (Å²) < 4.78 is 10.5. The first kappa shape index (κ1) is 18.6. The lowest BCUT2D eigenvalue weighted by Gasteiger charge is -2.06. The number of nitro groups is 1. The molecule has 0 unspecified atom stereocenters. The lowest BCUT2D eigenvalue weighted by Crippen LogP contribution is -1.96. The van der Waals surface area contributed by atoms with E-state index in [-0.39, 0.29) is 5.69 Å². The van der Waals surface area contributed by atoms with Gasteiger partial charge in [0.05, 0.1) is 41.2 Å². The predicted molar refractivity (Wildman–Crippen MR) is 116 cm³/mol. The van der Waals surface area contributed by atoms with Gasteiger partial charge in [0.15, 0.2) is 0 Å². The minimum atomic E-state index is -0.418. The van der Waals surface area contributed by atoms with Crippen molar-refractivity contribution in [3.63, 3.8) is 0 Å². The van der Waals surface area contributed by atoms with Crippen LogP contribution in [-0.2, 0) is 0 Å². The van der Waals surface area contributed by atoms with Crippen LogP contribution in [-0.4, -0.2) is 39.1 Å². The fraction of sp³-hybridized carbons (Fsp3) is 0.0909. The Morgan fingerprint density at radius 3 is 2.00 bits per heavy atom. The zero-order valence-corrected chi connectivity index (χ0v) is 16.7. The summed E-state index contributed by atoms with van der Waals surface area (Å²) in [5, 5.41) is 11.8. The molecule has 5 rings (SSSR count). The van der Waals surface area contributed by atoms with Crippen molar-refractivity contribution in [1.82, 2.24) is 19.9 Å². The van der Waals surface area contributed by atoms with Crippen LogP contribution in [0.5, 0.6) is 11.5 Å². The Morgan fingerprint density at radius 1 is 0.839 bits per heavy atom. The highest BCUT2D eigenvalue weighted by Gasteiger charge is 2.24. The minimum Gasteiger partial charge on any atom is -0.497 e. The van der Waals surface area contributed by atoms with E-state index in [9.17, 15) is 10.1 Å². The number of nitro benzene ring substituents is 1. The maximum atomic E-state index is 11.8. The zero-order valence-electron chi connectivity index (χ0n) is 16.7. The molecule has 0 aliphatic carbocycles. The highest BCUT2D eigenvalue weighted by molar-refractivity contribution is 5.91. The van der Waals surface area contributed by atoms with E-state index in [1.807, 2.05) is 18.2 Å². The van der Waals surface area contributed by atoms with Gasteiger partial charge in [0.25, 0.3) is 5.69 Å². The van der Waals surface area contributed by atoms with E-state index in [4.69, 9.17) is 9.47 Å². The highest BCUT2D eigenvalue weighted by atomic mass is 16.6. The molecular weight excluding hydrogens is 398 g/mol. The highest BCUT2D eigenvalue weighted by Crippen LogP contribution is 2.38. The average Bonchev–Trinajstić information content (AvgIpc) is 3.41. The van der Waals surface area contributed by atoms with Gasteiger partial charge < -0.3 is 19.4 Å². The molecule has 0 spiro atoms. The number of hydrogen-bond acceptors (Lipinski definition) is 6. The van der Waals surface area contributed by atoms with Crippen molar-refractivity contribution in [2.75, 3.05) is 14.2 Å². The van der Waals surface area contributed by atoms with Crippen LogP contribution in [0.3, 0.4) is 0 Å². The Kier molecular flexibility index (Phi) is 4.28. The van der Waals surface area contributed by atoms with Crippen LogP contribution in [0.2, 0.25) is 0 Å². The number of nitrogens with zero attached hydrogens (tertiary/aromatic N) is 3. The van der Waals surface area contributed by atoms with Gasteiger partial charge in [-0.25, -0.2) is 9.97 Å². The molecule has 0 saturated carbocycles. The van der Waals surface area contributed by atoms with Crippen molar-refractivity contribution < 1.29 is 14.4 Å². The number of aromatic amines is 2. The quantitative estimate of drug-likeness (QED) is 0.317. The molecule has 2 heterocycles. The smallest absolute Gasteiger partial charge is 0.281 e. The number of benzene rings is 3. The molecule has 9 heteroatoms. The Balaban J connectivity index is 1.74. The summed E-state index contributed by atoms with van der Waals surface area (Å²) in [5.74, 6) is 2.23. The van der Waals surface area contributed by atoms with E-state index < -0.39 is 4.92 Å². The molecule has 0 radical (unpaired) electrons. The van der Waals surface area contributed by atoms with Crippen LogP contribution < -0.4 is 9.47 Å². The van der Waals surface area contributed by atoms with Crippen molar-refractivity contribution in [3.05, 3.63) is 64.7 Å². The number of fused-ring (bicyclic) bond motifs is 2. The van der Waals surface area contributed by atoms with Gasteiger partial charge in [-0.05, 0) is 24.3 Å². The third kappa shape index (κ3) is 3.12. The van der Waals surface area contributed by atoms with E-state index in [0.717, 1.165) is 11.0 Å². The number of rotatable bonds is 5. The molecule has 0 bridgehead atoms. The second-order valence-corrected chi connectivity index (χ2v) is 6.89. The third-order valence-electron chi connectivity index (χ3n) is 5.11. The molecule has 154 valence electrons. The van der Waals surface area contributed by atoms with Gasteiger partial charge in [0.1, 0.15) is 28.7 Å². The first-order valence-electron chi connectivity index (χ1n) is 9.43. The van der Waals surface area contributed by atoms with E-state index >= 15 is 0 Å². The summed E-state index contributed by atoms with van der Waals surface area (Å²) in [6, 6.07) is 15.7. The van der Waals surface area contributed by atoms with Gasteiger partial charge in [-0.3, -0.25) is 10.1 Å². The van der Waals surface area contributed by atoms with Crippen LogP contribution in [0.15, 0.2) is 54.6 Å². The summed E-state index contributed by atoms with van der Waals surface area (Å²) in [5.41, 5.74) is 3.73. The van der Waals surface area contributed by atoms with Crippen molar-refractivity contribution in [2.45, 2.75) is 0 Å². The Hall–Kier alpha value is -4.40. The van der Waals surface area contributed by atoms with Gasteiger partial charge in [-0.2, -0.15) is 0 Å². The van der Waals surface area contributed by atoms with Crippen molar-refractivity contribution in [1.29, 1.82) is 0 Å². The number of imidazole rings is 2. The fourth-order valence-electron chi connectivity index (χ4n) is 3.62. The first-order chi connectivity index (χ1) is 15.1. The Labute approximate surface area is 175 Å². The summed E-state index contributed by atoms with van der Waals surface area (Å²) in [7, 11) is 3.17. The van der Waals surface area contributed by atoms with E-state index in [0.29, 0.717) is 45.3 Å². The number of hydrogen-bond donors (Lipinski definition) is 2. The second kappa shape index (κ2) is 7.13. The molecule has 2 aromatic heterocycles. The molecule has 0 amide bonds. The Bertz CT molecular complexity index is 1450. The first-order valence-corrected chi connectivity index (χ1v) is 9.43. The number of methoxy groups -OCH3 is 2. The van der Waals surface area contributed by atoms with Gasteiger partial charge in [-0.1, -0.05) is 12.1 Å². The third-order valence-corrected chi connectivity index (χ3v) is 5.11. The molecule has 5 aromatic rings. The summed E-state index contributed by atoms with van der Waals surface area (Å²) in [6.45, 7) is 0. The number of aromatic nitrogens is 4. The second-order valence-electron chi connectivity index (χ2n) is 6.89. The van der Waals surface area contributed by atoms with Crippen LogP contribution >= 0.6 is 0 Å². The number of ether oxygens (including phenoxy) is 2. The van der Waals surface area contributed by atoms with Crippen LogP contribution in [0.25, 0.3) is 44.8 Å². The van der Waals surface area contributed by atoms with Crippen LogP contribution in [0.4, 0.5) is 5.69 Å². The van der Waals surface area contributed by atoms with E-state index in [2.05, 4.69) is 19.9 Å². The molecule has 31 heavy (non-hydrogen) atoms. The Morgan fingerprint density at radius 2 is 1.42 bits per heavy atom. The topological polar surface area (TPSA) is 119 Å². The van der Waals surface area contributed by atoms with Crippen molar-refractivity contribution in [3.8, 4) is 34.3 Å². The van der Waals surface area contributed by atoms with E-state index in [1.54, 1.807) is 44.6 Å². The normalized spacial score (nSPS) is 11.2. The molecule has 0 atom stereocenters. The van der Waals surface area contributed by atoms with Gasteiger partial charge >= 0.3 is 0 Å². The summed E-state index contributed by atoms with van der Waals surface area (Å²) in [4.78, 5) is 27.1. The minimum absolute atomic E-state index is 0.0680. The lowest BCUT2D eigenvalue weighted by molar-refractivity contribution is -0.384. The van der Waals surface area contributed by atoms with Crippen molar-refractivity contribution >= 4 is 27.8 Å². The molecule has 0 aliphatic rings. The number of H-pyrrole nitrogens is 2. The maximum Gasteiger partial charge on any atom is 0.281 e. The van der Waals surface area contributed by atoms with Crippen LogP contribution in [0.1, 0.15) is 0 Å². The SMILES string of the molecule is COc1ccc2nc(-c3cccc([N+](=O)[O-])c3-c3nc4ccc(OC)cc4[nH]3)[nH]c2c1. The lowest BCUT2D eigenvalue weighted by atomic mass is 10.0. The van der Waals surface area contributed by atoms with Crippen molar-refractivity contribution in [2.24, 2.45) is 0 Å². The van der Waals surface area contributed by atoms with Gasteiger partial charge in [0.2, 0.25) is 0 Å². The molecular formula is C22H17N5O4. The molecule has 3 aromatic carbocycles. The molecule has 0 saturated heterocycles. The number of nitrogens with one attached hydrogen (secondary N) is 2. The molecule has 0 aliphatic heterocycles. The fourth-order valence-corrected chi connectivity index (χ4v) is 3.62. The van der Waals surface area contributed by atoms with Gasteiger partial charge in [0, 0.05) is 23.8 Å². The zero-order chi connectivity index (χ0) is 21.5. The van der Waals surface area contributed by atoms with E-state index in [1.165, 1.54) is 6.07 Å². The monoisotopic (exact) mass is 415 g/mol. The predicted octanol–water partition coefficient (Wildman–Crippen LogP) is 4.70. The molecule has 9 nitrogen and oxygen atoms in total. The largest absolute Gasteiger partial charge is 0.497 e. The standard InChI is InChI=1S/C22H17N5O4/c1-30-12-6-8-15-17(10-12)25-21(23-15)14-4-3-5-19(27(28)29)20(14)22-24-16-9-7-13(31-2)11-18(16)26-22/h3-11H,1-2H3,(H,23,25)(H,24,26). The summed E-state index contributed by atoms with van der Waals surface area (Å²) >= 11 is 0. The van der Waals surface area contributed by atoms with Crippen LogP contribution in [0, 0.1) is 10.1 Å². The maximum absolute atomic E-state index is 11.8. The average molecular weight is 415 g/mol. The molecule has 0 fully saturated rings. The molecule has 2 N–H and O–H groups in total. The van der Waals surface area contributed by atoms with Gasteiger partial charge in [-0.15, -0.1) is 0 Å².